The van der Waals surface area contributed by atoms with Crippen molar-refractivity contribution in [3.63, 3.8) is 0 Å². The Morgan fingerprint density at radius 1 is 1.19 bits per heavy atom. The van der Waals surface area contributed by atoms with Crippen LogP contribution in [-0.4, -0.2) is 17.0 Å². The smallest absolute Gasteiger partial charge is 0.373 e. The lowest BCUT2D eigenvalue weighted by atomic mass is 10.0. The Labute approximate surface area is 117 Å². The number of anilines is 1. The van der Waals surface area contributed by atoms with Crippen LogP contribution in [0, 0.1) is 10.1 Å². The van der Waals surface area contributed by atoms with Gasteiger partial charge >= 0.3 is 6.18 Å². The van der Waals surface area contributed by atoms with Crippen LogP contribution in [0.4, 0.5) is 24.7 Å². The highest BCUT2D eigenvalue weighted by molar-refractivity contribution is 5.74. The summed E-state index contributed by atoms with van der Waals surface area (Å²) in [4.78, 5) is 14.2. The molecule has 0 atom stereocenters. The Morgan fingerprint density at radius 2 is 1.86 bits per heavy atom. The molecule has 21 heavy (non-hydrogen) atoms. The molecule has 1 aromatic carbocycles. The molecule has 0 fully saturated rings. The molecule has 5 nitrogen and oxygen atoms in total. The largest absolute Gasteiger partial charge is 0.417 e. The predicted molar refractivity (Wildman–Crippen MR) is 70.9 cm³/mol. The number of aromatic nitrogens is 1. The van der Waals surface area contributed by atoms with E-state index in [1.54, 1.807) is 0 Å². The van der Waals surface area contributed by atoms with Gasteiger partial charge in [0.05, 0.1) is 10.5 Å². The molecule has 110 valence electrons. The molecule has 0 amide bonds. The number of hydrogen-bond acceptors (Lipinski definition) is 4. The van der Waals surface area contributed by atoms with Gasteiger partial charge in [0.1, 0.15) is 5.82 Å². The van der Waals surface area contributed by atoms with Crippen LogP contribution in [-0.2, 0) is 6.18 Å². The topological polar surface area (TPSA) is 68.1 Å². The number of pyridine rings is 1. The molecule has 0 aliphatic heterocycles. The second-order valence-electron chi connectivity index (χ2n) is 4.11. The number of halogens is 3. The van der Waals surface area contributed by atoms with Crippen LogP contribution in [0.3, 0.4) is 0 Å². The van der Waals surface area contributed by atoms with Crippen molar-refractivity contribution in [2.24, 2.45) is 0 Å². The predicted octanol–water partition coefficient (Wildman–Crippen LogP) is 3.72. The molecule has 0 saturated carbocycles. The van der Waals surface area contributed by atoms with E-state index in [1.165, 1.54) is 25.2 Å². The van der Waals surface area contributed by atoms with Gasteiger partial charge in [0, 0.05) is 18.7 Å². The molecular formula is C13H10F3N3O2. The summed E-state index contributed by atoms with van der Waals surface area (Å²) in [6, 6.07) is 7.09. The molecule has 2 rings (SSSR count). The molecule has 1 aromatic heterocycles. The Bertz CT molecular complexity index is 687. The average Bonchev–Trinajstić information content (AvgIpc) is 2.45. The second kappa shape index (κ2) is 5.39. The summed E-state index contributed by atoms with van der Waals surface area (Å²) in [6.45, 7) is 0. The molecule has 1 N–H and O–H groups in total. The fourth-order valence-corrected chi connectivity index (χ4v) is 1.87. The van der Waals surface area contributed by atoms with Crippen LogP contribution >= 0.6 is 0 Å². The van der Waals surface area contributed by atoms with Gasteiger partial charge in [0.15, 0.2) is 5.69 Å². The summed E-state index contributed by atoms with van der Waals surface area (Å²) in [5.74, 6) is 0.243. The Morgan fingerprint density at radius 3 is 2.43 bits per heavy atom. The Hall–Kier alpha value is -2.64. The summed E-state index contributed by atoms with van der Waals surface area (Å²) in [5, 5.41) is 13.7. The molecule has 0 aliphatic rings. The quantitative estimate of drug-likeness (QED) is 0.692. The average molecular weight is 297 g/mol. The van der Waals surface area contributed by atoms with E-state index in [1.807, 2.05) is 0 Å². The highest BCUT2D eigenvalue weighted by Crippen LogP contribution is 2.39. The van der Waals surface area contributed by atoms with Gasteiger partial charge in [0.25, 0.3) is 5.69 Å². The lowest BCUT2D eigenvalue weighted by molar-refractivity contribution is -0.384. The van der Waals surface area contributed by atoms with E-state index in [9.17, 15) is 23.3 Å². The molecule has 8 heteroatoms. The van der Waals surface area contributed by atoms with Crippen LogP contribution in [0.25, 0.3) is 11.3 Å². The molecule has 2 aromatic rings. The number of rotatable bonds is 3. The second-order valence-corrected chi connectivity index (χ2v) is 4.11. The first-order valence-corrected chi connectivity index (χ1v) is 5.84. The van der Waals surface area contributed by atoms with Crippen molar-refractivity contribution >= 4 is 11.5 Å². The standard InChI is InChI=1S/C13H10F3N3O2/c1-17-11-7-6-10(19(20)21)12(18-11)8-4-2-3-5-9(8)13(14,15)16/h2-7H,1H3,(H,17,18). The van der Waals surface area contributed by atoms with Gasteiger partial charge in [-0.15, -0.1) is 0 Å². The van der Waals surface area contributed by atoms with Crippen molar-refractivity contribution in [3.8, 4) is 11.3 Å². The van der Waals surface area contributed by atoms with Crippen molar-refractivity contribution in [2.45, 2.75) is 6.18 Å². The lowest BCUT2D eigenvalue weighted by Crippen LogP contribution is -2.08. The highest BCUT2D eigenvalue weighted by atomic mass is 19.4. The normalized spacial score (nSPS) is 11.2. The number of benzene rings is 1. The van der Waals surface area contributed by atoms with E-state index in [-0.39, 0.29) is 17.1 Å². The third-order valence-corrected chi connectivity index (χ3v) is 2.81. The van der Waals surface area contributed by atoms with Gasteiger partial charge in [-0.3, -0.25) is 10.1 Å². The van der Waals surface area contributed by atoms with Crippen LogP contribution in [0.15, 0.2) is 36.4 Å². The first kappa shape index (κ1) is 14.8. The van der Waals surface area contributed by atoms with Gasteiger partial charge in [-0.1, -0.05) is 18.2 Å². The monoisotopic (exact) mass is 297 g/mol. The fourth-order valence-electron chi connectivity index (χ4n) is 1.87. The maximum atomic E-state index is 13.0. The zero-order valence-electron chi connectivity index (χ0n) is 10.8. The van der Waals surface area contributed by atoms with Crippen LogP contribution in [0.5, 0.6) is 0 Å². The SMILES string of the molecule is CNc1ccc([N+](=O)[O-])c(-c2ccccc2C(F)(F)F)n1. The van der Waals surface area contributed by atoms with Crippen LogP contribution in [0.2, 0.25) is 0 Å². The van der Waals surface area contributed by atoms with E-state index in [0.717, 1.165) is 18.2 Å². The van der Waals surface area contributed by atoms with Crippen LogP contribution < -0.4 is 5.32 Å². The molecule has 0 bridgehead atoms. The molecule has 1 heterocycles. The minimum atomic E-state index is -4.62. The van der Waals surface area contributed by atoms with Crippen molar-refractivity contribution in [1.82, 2.24) is 4.98 Å². The number of nitro groups is 1. The zero-order valence-corrected chi connectivity index (χ0v) is 10.8. The van der Waals surface area contributed by atoms with Crippen molar-refractivity contribution in [2.75, 3.05) is 12.4 Å². The number of nitrogens with zero attached hydrogens (tertiary/aromatic N) is 2. The first-order chi connectivity index (χ1) is 9.84. The number of nitrogens with one attached hydrogen (secondary N) is 1. The first-order valence-electron chi connectivity index (χ1n) is 5.84. The van der Waals surface area contributed by atoms with E-state index in [0.29, 0.717) is 0 Å². The summed E-state index contributed by atoms with van der Waals surface area (Å²) in [7, 11) is 1.52. The number of alkyl halides is 3. The van der Waals surface area contributed by atoms with Crippen molar-refractivity contribution in [1.29, 1.82) is 0 Å². The zero-order chi connectivity index (χ0) is 15.6. The summed E-state index contributed by atoms with van der Waals surface area (Å²) in [6.07, 6.45) is -4.62. The summed E-state index contributed by atoms with van der Waals surface area (Å²) >= 11 is 0. The van der Waals surface area contributed by atoms with Crippen molar-refractivity contribution in [3.05, 3.63) is 52.1 Å². The van der Waals surface area contributed by atoms with Gasteiger partial charge in [-0.2, -0.15) is 13.2 Å². The lowest BCUT2D eigenvalue weighted by Gasteiger charge is -2.13. The van der Waals surface area contributed by atoms with Gasteiger partial charge in [-0.25, -0.2) is 4.98 Å². The third-order valence-electron chi connectivity index (χ3n) is 2.81. The maximum absolute atomic E-state index is 13.0. The van der Waals surface area contributed by atoms with Gasteiger partial charge < -0.3 is 5.32 Å². The van der Waals surface area contributed by atoms with E-state index in [4.69, 9.17) is 0 Å². The van der Waals surface area contributed by atoms with E-state index < -0.39 is 22.4 Å². The number of hydrogen-bond donors (Lipinski definition) is 1. The molecule has 0 aliphatic carbocycles. The molecule has 0 spiro atoms. The minimum absolute atomic E-state index is 0.243. The third kappa shape index (κ3) is 2.93. The molecular weight excluding hydrogens is 287 g/mol. The fraction of sp³-hybridized carbons (Fsp3) is 0.154. The van der Waals surface area contributed by atoms with Gasteiger partial charge in [-0.05, 0) is 12.1 Å². The maximum Gasteiger partial charge on any atom is 0.417 e. The van der Waals surface area contributed by atoms with Gasteiger partial charge in [0.2, 0.25) is 0 Å². The van der Waals surface area contributed by atoms with Crippen molar-refractivity contribution < 1.29 is 18.1 Å². The molecule has 0 saturated heterocycles. The van der Waals surface area contributed by atoms with E-state index in [2.05, 4.69) is 10.3 Å². The Kier molecular flexibility index (Phi) is 3.79. The van der Waals surface area contributed by atoms with E-state index >= 15 is 0 Å². The summed E-state index contributed by atoms with van der Waals surface area (Å²) in [5.41, 5.74) is -2.09. The highest BCUT2D eigenvalue weighted by Gasteiger charge is 2.35. The van der Waals surface area contributed by atoms with Crippen LogP contribution in [0.1, 0.15) is 5.56 Å². The minimum Gasteiger partial charge on any atom is -0.373 e. The molecule has 0 radical (unpaired) electrons. The Balaban J connectivity index is 2.75. The summed E-state index contributed by atoms with van der Waals surface area (Å²) < 4.78 is 39.1. The molecule has 0 unspecified atom stereocenters.